The Morgan fingerprint density at radius 1 is 1.48 bits per heavy atom. The third kappa shape index (κ3) is 4.28. The van der Waals surface area contributed by atoms with Gasteiger partial charge in [-0.2, -0.15) is 0 Å². The van der Waals surface area contributed by atoms with Crippen LogP contribution in [0.4, 0.5) is 9.18 Å². The lowest BCUT2D eigenvalue weighted by Crippen LogP contribution is -2.39. The van der Waals surface area contributed by atoms with Gasteiger partial charge in [0.1, 0.15) is 17.1 Å². The number of carbonyl (C=O) groups is 1. The minimum absolute atomic E-state index is 0.295. The van der Waals surface area contributed by atoms with Crippen LogP contribution in [-0.2, 0) is 4.74 Å². The lowest BCUT2D eigenvalue weighted by atomic mass is 9.92. The molecule has 6 nitrogen and oxygen atoms in total. The van der Waals surface area contributed by atoms with Crippen LogP contribution < -0.4 is 5.32 Å². The van der Waals surface area contributed by atoms with Crippen LogP contribution in [0.2, 0.25) is 0 Å². The highest BCUT2D eigenvalue weighted by atomic mass is 19.1. The third-order valence-electron chi connectivity index (χ3n) is 4.78. The number of carbonyl (C=O) groups excluding carboxylic acids is 1. The number of methoxy groups -OCH3 is 1. The summed E-state index contributed by atoms with van der Waals surface area (Å²) >= 11 is 0. The van der Waals surface area contributed by atoms with Crippen molar-refractivity contribution in [3.8, 4) is 0 Å². The van der Waals surface area contributed by atoms with Gasteiger partial charge in [0.25, 0.3) is 0 Å². The van der Waals surface area contributed by atoms with Crippen LogP contribution in [0.3, 0.4) is 0 Å². The largest absolute Gasteiger partial charge is 0.453 e. The molecule has 0 bridgehead atoms. The number of piperidine rings is 1. The summed E-state index contributed by atoms with van der Waals surface area (Å²) < 4.78 is 23.4. The van der Waals surface area contributed by atoms with Gasteiger partial charge in [-0.1, -0.05) is 12.1 Å². The van der Waals surface area contributed by atoms with E-state index < -0.39 is 0 Å². The molecule has 1 aromatic heterocycles. The first kappa shape index (κ1) is 17.7. The molecule has 0 aliphatic carbocycles. The van der Waals surface area contributed by atoms with Gasteiger partial charge < -0.3 is 19.5 Å². The molecule has 0 unspecified atom stereocenters. The van der Waals surface area contributed by atoms with Crippen molar-refractivity contribution in [2.45, 2.75) is 25.7 Å². The van der Waals surface area contributed by atoms with Crippen molar-refractivity contribution in [3.05, 3.63) is 29.8 Å². The van der Waals surface area contributed by atoms with E-state index >= 15 is 0 Å². The molecule has 0 saturated carbocycles. The Morgan fingerprint density at radius 2 is 2.24 bits per heavy atom. The molecule has 1 atom stereocenters. The van der Waals surface area contributed by atoms with E-state index in [1.54, 1.807) is 6.07 Å². The molecular formula is C18H24FN3O3. The molecule has 1 saturated heterocycles. The SMILES string of the molecule is COC(=O)NC[C@H](C)CN1CCC(c2onc3cc(F)ccc23)CC1. The summed E-state index contributed by atoms with van der Waals surface area (Å²) in [5, 5.41) is 7.64. The van der Waals surface area contributed by atoms with Gasteiger partial charge >= 0.3 is 6.09 Å². The molecule has 0 spiro atoms. The number of aromatic nitrogens is 1. The van der Waals surface area contributed by atoms with Crippen molar-refractivity contribution in [1.29, 1.82) is 0 Å². The van der Waals surface area contributed by atoms with Gasteiger partial charge in [-0.15, -0.1) is 0 Å². The number of hydrogen-bond donors (Lipinski definition) is 1. The van der Waals surface area contributed by atoms with E-state index in [0.29, 0.717) is 23.9 Å². The van der Waals surface area contributed by atoms with Crippen molar-refractivity contribution < 1.29 is 18.4 Å². The summed E-state index contributed by atoms with van der Waals surface area (Å²) in [5.74, 6) is 1.24. The molecule has 2 aromatic rings. The van der Waals surface area contributed by atoms with E-state index in [-0.39, 0.29) is 11.9 Å². The van der Waals surface area contributed by atoms with Crippen LogP contribution in [0.1, 0.15) is 31.4 Å². The first-order valence-electron chi connectivity index (χ1n) is 8.66. The minimum Gasteiger partial charge on any atom is -0.453 e. The molecule has 1 N–H and O–H groups in total. The van der Waals surface area contributed by atoms with E-state index in [0.717, 1.165) is 43.6 Å². The Bertz CT molecular complexity index is 725. The van der Waals surface area contributed by atoms with E-state index in [4.69, 9.17) is 4.52 Å². The van der Waals surface area contributed by atoms with Gasteiger partial charge in [0.2, 0.25) is 0 Å². The van der Waals surface area contributed by atoms with E-state index in [2.05, 4.69) is 27.0 Å². The summed E-state index contributed by atoms with van der Waals surface area (Å²) in [6.45, 7) is 5.58. The molecule has 1 aliphatic heterocycles. The smallest absolute Gasteiger partial charge is 0.406 e. The zero-order valence-electron chi connectivity index (χ0n) is 14.6. The molecule has 136 valence electrons. The van der Waals surface area contributed by atoms with Crippen molar-refractivity contribution >= 4 is 17.0 Å². The number of benzene rings is 1. The number of nitrogens with one attached hydrogen (secondary N) is 1. The lowest BCUT2D eigenvalue weighted by Gasteiger charge is -2.32. The zero-order valence-corrected chi connectivity index (χ0v) is 14.6. The topological polar surface area (TPSA) is 67.6 Å². The number of fused-ring (bicyclic) bond motifs is 1. The Kier molecular flexibility index (Phi) is 5.53. The maximum absolute atomic E-state index is 13.3. The monoisotopic (exact) mass is 349 g/mol. The molecule has 7 heteroatoms. The maximum Gasteiger partial charge on any atom is 0.406 e. The first-order chi connectivity index (χ1) is 12.1. The highest BCUT2D eigenvalue weighted by molar-refractivity contribution is 5.80. The van der Waals surface area contributed by atoms with Crippen LogP contribution in [0.15, 0.2) is 22.7 Å². The Morgan fingerprint density at radius 3 is 2.96 bits per heavy atom. The molecule has 1 aliphatic rings. The molecular weight excluding hydrogens is 325 g/mol. The molecule has 1 fully saturated rings. The average Bonchev–Trinajstić information content (AvgIpc) is 3.03. The van der Waals surface area contributed by atoms with Gasteiger partial charge in [-0.25, -0.2) is 9.18 Å². The molecule has 3 rings (SSSR count). The number of amides is 1. The van der Waals surface area contributed by atoms with Gasteiger partial charge in [-0.3, -0.25) is 0 Å². The van der Waals surface area contributed by atoms with E-state index in [1.807, 2.05) is 0 Å². The Balaban J connectivity index is 1.52. The number of rotatable bonds is 5. The van der Waals surface area contributed by atoms with Crippen LogP contribution in [0.5, 0.6) is 0 Å². The summed E-state index contributed by atoms with van der Waals surface area (Å²) in [6, 6.07) is 4.62. The Labute approximate surface area is 146 Å². The second-order valence-corrected chi connectivity index (χ2v) is 6.76. The van der Waals surface area contributed by atoms with Crippen LogP contribution in [0.25, 0.3) is 10.9 Å². The van der Waals surface area contributed by atoms with Crippen LogP contribution >= 0.6 is 0 Å². The fourth-order valence-corrected chi connectivity index (χ4v) is 3.44. The van der Waals surface area contributed by atoms with Crippen molar-refractivity contribution in [2.24, 2.45) is 5.92 Å². The average molecular weight is 349 g/mol. The van der Waals surface area contributed by atoms with Gasteiger partial charge in [0.05, 0.1) is 7.11 Å². The number of nitrogens with zero attached hydrogens (tertiary/aromatic N) is 2. The normalized spacial score (nSPS) is 17.6. The Hall–Kier alpha value is -2.15. The molecule has 25 heavy (non-hydrogen) atoms. The fourth-order valence-electron chi connectivity index (χ4n) is 3.44. The third-order valence-corrected chi connectivity index (χ3v) is 4.78. The quantitative estimate of drug-likeness (QED) is 0.898. The lowest BCUT2D eigenvalue weighted by molar-refractivity contribution is 0.159. The predicted molar refractivity (Wildman–Crippen MR) is 92.0 cm³/mol. The van der Waals surface area contributed by atoms with Crippen LogP contribution in [0, 0.1) is 11.7 Å². The number of halogens is 1. The van der Waals surface area contributed by atoms with Gasteiger partial charge in [0, 0.05) is 30.5 Å². The zero-order chi connectivity index (χ0) is 17.8. The number of hydrogen-bond acceptors (Lipinski definition) is 5. The summed E-state index contributed by atoms with van der Waals surface area (Å²) in [7, 11) is 1.37. The van der Waals surface area contributed by atoms with Gasteiger partial charge in [-0.05, 0) is 44.0 Å². The molecule has 1 aromatic carbocycles. The molecule has 2 heterocycles. The second kappa shape index (κ2) is 7.82. The maximum atomic E-state index is 13.3. The second-order valence-electron chi connectivity index (χ2n) is 6.76. The molecule has 1 amide bonds. The fraction of sp³-hybridized carbons (Fsp3) is 0.556. The summed E-state index contributed by atoms with van der Waals surface area (Å²) in [4.78, 5) is 13.5. The van der Waals surface area contributed by atoms with Crippen molar-refractivity contribution in [1.82, 2.24) is 15.4 Å². The van der Waals surface area contributed by atoms with Crippen LogP contribution in [-0.4, -0.2) is 49.4 Å². The standard InChI is InChI=1S/C18H24FN3O3/c1-12(10-20-18(23)24-2)11-22-7-5-13(6-8-22)17-15-4-3-14(19)9-16(15)21-25-17/h3-4,9,12-13H,5-8,10-11H2,1-2H3,(H,20,23)/t12-/m0/s1. The van der Waals surface area contributed by atoms with Crippen molar-refractivity contribution in [2.75, 3.05) is 33.3 Å². The number of ether oxygens (including phenoxy) is 1. The first-order valence-corrected chi connectivity index (χ1v) is 8.66. The molecule has 0 radical (unpaired) electrons. The summed E-state index contributed by atoms with van der Waals surface area (Å²) in [6.07, 6.45) is 1.58. The highest BCUT2D eigenvalue weighted by Crippen LogP contribution is 2.33. The predicted octanol–water partition coefficient (Wildman–Crippen LogP) is 3.14. The number of likely N-dealkylation sites (tertiary alicyclic amines) is 1. The number of alkyl carbamates (subject to hydrolysis) is 1. The van der Waals surface area contributed by atoms with E-state index in [9.17, 15) is 9.18 Å². The van der Waals surface area contributed by atoms with E-state index in [1.165, 1.54) is 19.2 Å². The summed E-state index contributed by atoms with van der Waals surface area (Å²) in [5.41, 5.74) is 0.583. The highest BCUT2D eigenvalue weighted by Gasteiger charge is 2.26. The van der Waals surface area contributed by atoms with Crippen molar-refractivity contribution in [3.63, 3.8) is 0 Å². The van der Waals surface area contributed by atoms with Gasteiger partial charge in [0.15, 0.2) is 0 Å². The minimum atomic E-state index is -0.390.